The topological polar surface area (TPSA) is 117 Å². The second kappa shape index (κ2) is 7.30. The van der Waals surface area contributed by atoms with E-state index in [1.54, 1.807) is 26.2 Å². The predicted octanol–water partition coefficient (Wildman–Crippen LogP) is 1.05. The number of aromatic nitrogens is 1. The van der Waals surface area contributed by atoms with Crippen molar-refractivity contribution in [2.24, 2.45) is 0 Å². The van der Waals surface area contributed by atoms with Crippen molar-refractivity contribution in [1.29, 1.82) is 0 Å². The highest BCUT2D eigenvalue weighted by atomic mass is 16.5. The number of rotatable bonds is 6. The minimum Gasteiger partial charge on any atom is -0.497 e. The molecule has 1 aromatic heterocycles. The molecule has 122 valence electrons. The van der Waals surface area contributed by atoms with Gasteiger partial charge in [-0.15, -0.1) is 0 Å². The molecule has 0 saturated carbocycles. The van der Waals surface area contributed by atoms with Gasteiger partial charge in [-0.1, -0.05) is 17.3 Å². The summed E-state index contributed by atoms with van der Waals surface area (Å²) < 4.78 is 14.6. The van der Waals surface area contributed by atoms with E-state index in [1.807, 2.05) is 12.1 Å². The Morgan fingerprint density at radius 3 is 2.83 bits per heavy atom. The lowest BCUT2D eigenvalue weighted by atomic mass is 10.2. The van der Waals surface area contributed by atoms with Crippen molar-refractivity contribution in [3.8, 4) is 5.75 Å². The van der Waals surface area contributed by atoms with Crippen molar-refractivity contribution in [2.75, 3.05) is 19.5 Å². The van der Waals surface area contributed by atoms with Crippen LogP contribution in [-0.2, 0) is 16.1 Å². The highest BCUT2D eigenvalue weighted by molar-refractivity contribution is 5.96. The molecule has 0 aliphatic rings. The number of nitrogen functional groups attached to an aromatic ring is 1. The average molecular weight is 319 g/mol. The van der Waals surface area contributed by atoms with Crippen molar-refractivity contribution in [2.45, 2.75) is 13.5 Å². The molecule has 1 amide bonds. The first-order valence-corrected chi connectivity index (χ1v) is 6.79. The van der Waals surface area contributed by atoms with Gasteiger partial charge in [-0.05, 0) is 24.6 Å². The summed E-state index contributed by atoms with van der Waals surface area (Å²) in [7, 11) is 1.57. The van der Waals surface area contributed by atoms with Gasteiger partial charge in [-0.2, -0.15) is 0 Å². The highest BCUT2D eigenvalue weighted by Gasteiger charge is 2.20. The summed E-state index contributed by atoms with van der Waals surface area (Å²) >= 11 is 0. The SMILES string of the molecule is COc1cccc(CNC(=O)COC(=O)c2c(C)noc2N)c1. The fraction of sp³-hybridized carbons (Fsp3) is 0.267. The molecule has 8 nitrogen and oxygen atoms in total. The fourth-order valence-corrected chi connectivity index (χ4v) is 1.87. The molecule has 8 heteroatoms. The first-order valence-electron chi connectivity index (χ1n) is 6.79. The van der Waals surface area contributed by atoms with Crippen LogP contribution >= 0.6 is 0 Å². The van der Waals surface area contributed by atoms with Crippen molar-refractivity contribution in [3.63, 3.8) is 0 Å². The number of aryl methyl sites for hydroxylation is 1. The van der Waals surface area contributed by atoms with Crippen LogP contribution in [0.25, 0.3) is 0 Å². The molecule has 0 saturated heterocycles. The molecule has 0 spiro atoms. The van der Waals surface area contributed by atoms with Crippen LogP contribution in [0.1, 0.15) is 21.6 Å². The smallest absolute Gasteiger partial charge is 0.346 e. The van der Waals surface area contributed by atoms with E-state index in [9.17, 15) is 9.59 Å². The van der Waals surface area contributed by atoms with E-state index in [4.69, 9.17) is 15.2 Å². The summed E-state index contributed by atoms with van der Waals surface area (Å²) in [6.45, 7) is 1.42. The van der Waals surface area contributed by atoms with Crippen molar-refractivity contribution >= 4 is 17.8 Å². The molecule has 0 unspecified atom stereocenters. The molecule has 0 aliphatic heterocycles. The molecule has 0 aliphatic carbocycles. The molecule has 0 atom stereocenters. The van der Waals surface area contributed by atoms with Crippen LogP contribution in [0.15, 0.2) is 28.8 Å². The number of carbonyl (C=O) groups excluding carboxylic acids is 2. The molecular weight excluding hydrogens is 302 g/mol. The third-order valence-corrected chi connectivity index (χ3v) is 3.05. The number of benzene rings is 1. The number of methoxy groups -OCH3 is 1. The van der Waals surface area contributed by atoms with Crippen LogP contribution in [0.2, 0.25) is 0 Å². The maximum absolute atomic E-state index is 11.8. The van der Waals surface area contributed by atoms with Crippen molar-refractivity contribution in [1.82, 2.24) is 10.5 Å². The number of nitrogens with zero attached hydrogens (tertiary/aromatic N) is 1. The van der Waals surface area contributed by atoms with E-state index in [0.29, 0.717) is 18.0 Å². The monoisotopic (exact) mass is 319 g/mol. The lowest BCUT2D eigenvalue weighted by Crippen LogP contribution is -2.28. The molecule has 0 radical (unpaired) electrons. The van der Waals surface area contributed by atoms with E-state index in [1.165, 1.54) is 0 Å². The summed E-state index contributed by atoms with van der Waals surface area (Å²) in [6, 6.07) is 7.26. The Morgan fingerprint density at radius 2 is 2.17 bits per heavy atom. The van der Waals surface area contributed by atoms with Crippen LogP contribution in [0, 0.1) is 6.92 Å². The van der Waals surface area contributed by atoms with E-state index in [2.05, 4.69) is 15.0 Å². The second-order valence-corrected chi connectivity index (χ2v) is 4.71. The third-order valence-electron chi connectivity index (χ3n) is 3.05. The van der Waals surface area contributed by atoms with Crippen LogP contribution < -0.4 is 15.8 Å². The second-order valence-electron chi connectivity index (χ2n) is 4.71. The van der Waals surface area contributed by atoms with Crippen LogP contribution in [-0.4, -0.2) is 30.7 Å². The highest BCUT2D eigenvalue weighted by Crippen LogP contribution is 2.16. The normalized spacial score (nSPS) is 10.2. The molecule has 1 heterocycles. The molecule has 1 aromatic carbocycles. The molecule has 2 rings (SSSR count). The molecule has 23 heavy (non-hydrogen) atoms. The first-order chi connectivity index (χ1) is 11.0. The van der Waals surface area contributed by atoms with Crippen LogP contribution in [0.3, 0.4) is 0 Å². The number of ether oxygens (including phenoxy) is 2. The lowest BCUT2D eigenvalue weighted by molar-refractivity contribution is -0.124. The van der Waals surface area contributed by atoms with E-state index < -0.39 is 18.5 Å². The van der Waals surface area contributed by atoms with Crippen LogP contribution in [0.5, 0.6) is 5.75 Å². The number of anilines is 1. The predicted molar refractivity (Wildman–Crippen MR) is 80.8 cm³/mol. The van der Waals surface area contributed by atoms with E-state index in [-0.39, 0.29) is 11.4 Å². The first kappa shape index (κ1) is 16.3. The minimum absolute atomic E-state index is 0.0330. The molecule has 0 bridgehead atoms. The molecule has 3 N–H and O–H groups in total. The Hall–Kier alpha value is -3.03. The maximum Gasteiger partial charge on any atom is 0.346 e. The minimum atomic E-state index is -0.752. The summed E-state index contributed by atoms with van der Waals surface area (Å²) in [4.78, 5) is 23.5. The Labute approximate surface area is 132 Å². The summed E-state index contributed by atoms with van der Waals surface area (Å²) in [5.74, 6) is -0.627. The quantitative estimate of drug-likeness (QED) is 0.764. The van der Waals surface area contributed by atoms with Crippen molar-refractivity contribution < 1.29 is 23.6 Å². The van der Waals surface area contributed by atoms with Gasteiger partial charge in [0.2, 0.25) is 5.88 Å². The van der Waals surface area contributed by atoms with E-state index in [0.717, 1.165) is 5.56 Å². The zero-order valence-electron chi connectivity index (χ0n) is 12.8. The number of hydrogen-bond donors (Lipinski definition) is 2. The number of nitrogens with two attached hydrogens (primary N) is 1. The van der Waals surface area contributed by atoms with Gasteiger partial charge in [-0.25, -0.2) is 4.79 Å². The fourth-order valence-electron chi connectivity index (χ4n) is 1.87. The van der Waals surface area contributed by atoms with Gasteiger partial charge in [0.05, 0.1) is 12.8 Å². The van der Waals surface area contributed by atoms with Gasteiger partial charge in [0.25, 0.3) is 5.91 Å². The zero-order chi connectivity index (χ0) is 16.8. The molecule has 2 aromatic rings. The number of nitrogens with one attached hydrogen (secondary N) is 1. The Balaban J connectivity index is 1.82. The average Bonchev–Trinajstić information content (AvgIpc) is 2.89. The largest absolute Gasteiger partial charge is 0.497 e. The Bertz CT molecular complexity index is 691. The number of esters is 1. The zero-order valence-corrected chi connectivity index (χ0v) is 12.8. The van der Waals surface area contributed by atoms with E-state index >= 15 is 0 Å². The van der Waals surface area contributed by atoms with Gasteiger partial charge in [0.15, 0.2) is 6.61 Å². The maximum atomic E-state index is 11.8. The summed E-state index contributed by atoms with van der Waals surface area (Å²) in [5.41, 5.74) is 6.67. The third kappa shape index (κ3) is 4.22. The standard InChI is InChI=1S/C15H17N3O5/c1-9-13(14(16)23-18-9)15(20)22-8-12(19)17-7-10-4-3-5-11(6-10)21-2/h3-6H,7-8,16H2,1-2H3,(H,17,19). The molecule has 0 fully saturated rings. The lowest BCUT2D eigenvalue weighted by Gasteiger charge is -2.07. The van der Waals surface area contributed by atoms with Gasteiger partial charge in [-0.3, -0.25) is 4.79 Å². The Morgan fingerprint density at radius 1 is 1.39 bits per heavy atom. The van der Waals surface area contributed by atoms with Gasteiger partial charge < -0.3 is 25.0 Å². The summed E-state index contributed by atoms with van der Waals surface area (Å²) in [6.07, 6.45) is 0. The Kier molecular flexibility index (Phi) is 5.19. The number of amides is 1. The van der Waals surface area contributed by atoms with Gasteiger partial charge in [0, 0.05) is 6.54 Å². The van der Waals surface area contributed by atoms with Crippen LogP contribution in [0.4, 0.5) is 5.88 Å². The number of hydrogen-bond acceptors (Lipinski definition) is 7. The number of carbonyl (C=O) groups is 2. The van der Waals surface area contributed by atoms with Gasteiger partial charge >= 0.3 is 5.97 Å². The van der Waals surface area contributed by atoms with Crippen molar-refractivity contribution in [3.05, 3.63) is 41.1 Å². The van der Waals surface area contributed by atoms with Gasteiger partial charge in [0.1, 0.15) is 11.3 Å². The summed E-state index contributed by atoms with van der Waals surface area (Å²) in [5, 5.41) is 6.18. The molecular formula is C15H17N3O5.